The van der Waals surface area contributed by atoms with E-state index in [0.717, 1.165) is 17.5 Å². The molecule has 2 heterocycles. The summed E-state index contributed by atoms with van der Waals surface area (Å²) in [6.45, 7) is 2.88. The fourth-order valence-corrected chi connectivity index (χ4v) is 3.11. The summed E-state index contributed by atoms with van der Waals surface area (Å²) in [7, 11) is 0. The van der Waals surface area contributed by atoms with Gasteiger partial charge < -0.3 is 4.74 Å². The largest absolute Gasteiger partial charge is 0.490 e. The zero-order valence-corrected chi connectivity index (χ0v) is 17.6. The zero-order chi connectivity index (χ0) is 21.3. The van der Waals surface area contributed by atoms with Gasteiger partial charge in [0.05, 0.1) is 19.0 Å². The highest BCUT2D eigenvalue weighted by molar-refractivity contribution is 5.77. The zero-order valence-electron chi connectivity index (χ0n) is 17.6. The Morgan fingerprint density at radius 2 is 1.45 bits per heavy atom. The number of benzene rings is 2. The number of nitrogens with zero attached hydrogens (tertiary/aromatic N) is 5. The second-order valence-electron chi connectivity index (χ2n) is 7.16. The lowest BCUT2D eigenvalue weighted by Crippen LogP contribution is -2.34. The molecule has 0 spiro atoms. The Bertz CT molecular complexity index is 979. The van der Waals surface area contributed by atoms with E-state index in [9.17, 15) is 0 Å². The molecular weight excluding hydrogens is 388 g/mol. The molecule has 31 heavy (non-hydrogen) atoms. The van der Waals surface area contributed by atoms with Gasteiger partial charge in [0.15, 0.2) is 17.4 Å². The van der Waals surface area contributed by atoms with Crippen molar-refractivity contribution < 1.29 is 4.74 Å². The van der Waals surface area contributed by atoms with Crippen molar-refractivity contribution in [3.05, 3.63) is 72.6 Å². The van der Waals surface area contributed by atoms with E-state index in [2.05, 4.69) is 32.4 Å². The molecule has 1 N–H and O–H groups in total. The summed E-state index contributed by atoms with van der Waals surface area (Å²) in [6.07, 6.45) is 8.09. The van der Waals surface area contributed by atoms with Gasteiger partial charge in [0.2, 0.25) is 0 Å². The van der Waals surface area contributed by atoms with Crippen molar-refractivity contribution in [2.45, 2.75) is 32.6 Å². The maximum atomic E-state index is 5.77. The van der Waals surface area contributed by atoms with E-state index >= 15 is 0 Å². The van der Waals surface area contributed by atoms with Gasteiger partial charge in [0.1, 0.15) is 0 Å². The molecule has 3 aromatic rings. The topological polar surface area (TPSA) is 75.5 Å². The van der Waals surface area contributed by atoms with Gasteiger partial charge in [-0.2, -0.15) is 15.1 Å². The normalized spacial score (nSPS) is 12.9. The van der Waals surface area contributed by atoms with Gasteiger partial charge in [0.25, 0.3) is 5.95 Å². The number of rotatable bonds is 9. The van der Waals surface area contributed by atoms with Crippen LogP contribution in [0.1, 0.15) is 32.6 Å². The molecular formula is C24H26N6O. The molecule has 0 amide bonds. The number of allylic oxidation sites excluding steroid dienone is 1. The highest BCUT2D eigenvalue weighted by Crippen LogP contribution is 2.23. The number of aromatic nitrogens is 3. The van der Waals surface area contributed by atoms with Crippen LogP contribution < -0.4 is 10.5 Å². The molecule has 0 radical (unpaired) electrons. The predicted molar refractivity (Wildman–Crippen MR) is 123 cm³/mol. The van der Waals surface area contributed by atoms with E-state index in [-0.39, 0.29) is 0 Å². The summed E-state index contributed by atoms with van der Waals surface area (Å²) in [6, 6.07) is 19.7. The summed E-state index contributed by atoms with van der Waals surface area (Å²) in [5.74, 6) is 2.27. The lowest BCUT2D eigenvalue weighted by Gasteiger charge is -2.21. The standard InChI is InChI=1S/C24H26N6O/c1-2-3-4-11-16-31-21-17-25-30(26-18-21)24-28-22(19-12-7-5-8-13-19)27-23(29-24)20-14-9-6-10-15-20/h5-10,12-15,17-18,25H,2-4,11,16H2,1H3. The number of hydrazine groups is 1. The second-order valence-corrected chi connectivity index (χ2v) is 7.16. The van der Waals surface area contributed by atoms with Gasteiger partial charge in [-0.3, -0.25) is 5.43 Å². The molecule has 0 bridgehead atoms. The summed E-state index contributed by atoms with van der Waals surface area (Å²) in [5, 5.41) is 5.94. The average molecular weight is 415 g/mol. The van der Waals surface area contributed by atoms with E-state index in [1.807, 2.05) is 60.7 Å². The van der Waals surface area contributed by atoms with Crippen LogP contribution in [-0.4, -0.2) is 27.8 Å². The Morgan fingerprint density at radius 1 is 0.806 bits per heavy atom. The van der Waals surface area contributed by atoms with Crippen LogP contribution in [0.3, 0.4) is 0 Å². The molecule has 1 aliphatic rings. The number of ether oxygens (including phenoxy) is 1. The van der Waals surface area contributed by atoms with Crippen LogP contribution in [0.5, 0.6) is 0 Å². The van der Waals surface area contributed by atoms with Gasteiger partial charge in [0, 0.05) is 11.1 Å². The maximum absolute atomic E-state index is 5.77. The first-order chi connectivity index (χ1) is 15.3. The third-order valence-corrected chi connectivity index (χ3v) is 4.77. The van der Waals surface area contributed by atoms with Crippen molar-refractivity contribution >= 4 is 12.2 Å². The minimum absolute atomic E-state index is 0.405. The van der Waals surface area contributed by atoms with Crippen LogP contribution in [0.4, 0.5) is 5.95 Å². The average Bonchev–Trinajstić information content (AvgIpc) is 2.85. The summed E-state index contributed by atoms with van der Waals surface area (Å²) < 4.78 is 5.77. The molecule has 0 fully saturated rings. The molecule has 1 aromatic heterocycles. The minimum atomic E-state index is 0.405. The molecule has 4 rings (SSSR count). The quantitative estimate of drug-likeness (QED) is 0.499. The Labute approximate surface area is 182 Å². The number of hydrazone groups is 1. The lowest BCUT2D eigenvalue weighted by molar-refractivity contribution is 0.221. The number of hydrogen-bond acceptors (Lipinski definition) is 7. The summed E-state index contributed by atoms with van der Waals surface area (Å²) >= 11 is 0. The minimum Gasteiger partial charge on any atom is -0.490 e. The fraction of sp³-hybridized carbons (Fsp3) is 0.250. The number of hydrogen-bond donors (Lipinski definition) is 1. The van der Waals surface area contributed by atoms with Gasteiger partial charge in [-0.15, -0.1) is 5.12 Å². The van der Waals surface area contributed by atoms with E-state index in [1.54, 1.807) is 12.4 Å². The molecule has 0 unspecified atom stereocenters. The Hall–Kier alpha value is -3.74. The van der Waals surface area contributed by atoms with Crippen LogP contribution in [-0.2, 0) is 4.74 Å². The Kier molecular flexibility index (Phi) is 6.85. The summed E-state index contributed by atoms with van der Waals surface area (Å²) in [5.41, 5.74) is 4.92. The first kappa shape index (κ1) is 20.5. The third kappa shape index (κ3) is 5.45. The van der Waals surface area contributed by atoms with E-state index in [0.29, 0.717) is 30.0 Å². The van der Waals surface area contributed by atoms with Crippen molar-refractivity contribution in [1.82, 2.24) is 20.4 Å². The van der Waals surface area contributed by atoms with Gasteiger partial charge in [-0.05, 0) is 6.42 Å². The first-order valence-electron chi connectivity index (χ1n) is 10.6. The highest BCUT2D eigenvalue weighted by Gasteiger charge is 2.16. The van der Waals surface area contributed by atoms with Crippen molar-refractivity contribution in [1.29, 1.82) is 0 Å². The lowest BCUT2D eigenvalue weighted by atomic mass is 10.2. The van der Waals surface area contributed by atoms with E-state index in [1.165, 1.54) is 24.4 Å². The van der Waals surface area contributed by atoms with Crippen molar-refractivity contribution in [2.75, 3.05) is 11.7 Å². The molecule has 7 heteroatoms. The molecule has 0 atom stereocenters. The number of unbranched alkanes of at least 4 members (excludes halogenated alkanes) is 3. The molecule has 2 aromatic carbocycles. The van der Waals surface area contributed by atoms with Gasteiger partial charge >= 0.3 is 0 Å². The molecule has 7 nitrogen and oxygen atoms in total. The van der Waals surface area contributed by atoms with E-state index in [4.69, 9.17) is 4.74 Å². The van der Waals surface area contributed by atoms with Crippen molar-refractivity contribution in [2.24, 2.45) is 5.10 Å². The van der Waals surface area contributed by atoms with Crippen LogP contribution in [0, 0.1) is 0 Å². The van der Waals surface area contributed by atoms with Gasteiger partial charge in [-0.1, -0.05) is 86.8 Å². The smallest absolute Gasteiger partial charge is 0.270 e. The number of nitrogens with one attached hydrogen (secondary N) is 1. The predicted octanol–water partition coefficient (Wildman–Crippen LogP) is 4.95. The SMILES string of the molecule is CCCCCCOC1=CNN(c2nc(-c3ccccc3)nc(-c3ccccc3)n2)N=C1. The highest BCUT2D eigenvalue weighted by atomic mass is 16.5. The summed E-state index contributed by atoms with van der Waals surface area (Å²) in [4.78, 5) is 13.9. The van der Waals surface area contributed by atoms with Crippen LogP contribution >= 0.6 is 0 Å². The maximum Gasteiger partial charge on any atom is 0.270 e. The molecule has 0 saturated carbocycles. The molecule has 0 saturated heterocycles. The van der Waals surface area contributed by atoms with Crippen LogP contribution in [0.2, 0.25) is 0 Å². The van der Waals surface area contributed by atoms with Crippen LogP contribution in [0.15, 0.2) is 77.7 Å². The first-order valence-corrected chi connectivity index (χ1v) is 10.6. The van der Waals surface area contributed by atoms with Gasteiger partial charge in [-0.25, -0.2) is 4.98 Å². The third-order valence-electron chi connectivity index (χ3n) is 4.77. The van der Waals surface area contributed by atoms with Crippen molar-refractivity contribution in [3.8, 4) is 22.8 Å². The molecule has 158 valence electrons. The Balaban J connectivity index is 1.54. The number of anilines is 1. The fourth-order valence-electron chi connectivity index (χ4n) is 3.11. The van der Waals surface area contributed by atoms with Crippen LogP contribution in [0.25, 0.3) is 22.8 Å². The Morgan fingerprint density at radius 3 is 2.00 bits per heavy atom. The molecule has 0 aliphatic carbocycles. The monoisotopic (exact) mass is 414 g/mol. The van der Waals surface area contributed by atoms with E-state index < -0.39 is 0 Å². The van der Waals surface area contributed by atoms with Crippen molar-refractivity contribution in [3.63, 3.8) is 0 Å². The second kappa shape index (κ2) is 10.3. The molecule has 1 aliphatic heterocycles.